The van der Waals surface area contributed by atoms with E-state index in [-0.39, 0.29) is 17.3 Å². The molecule has 0 N–H and O–H groups in total. The lowest BCUT2D eigenvalue weighted by molar-refractivity contribution is -0.136. The van der Waals surface area contributed by atoms with E-state index in [4.69, 9.17) is 0 Å². The highest BCUT2D eigenvalue weighted by atomic mass is 19.4. The number of hydrogen-bond donors (Lipinski definition) is 0. The Hall–Kier alpha value is -3.47. The summed E-state index contributed by atoms with van der Waals surface area (Å²) in [5.41, 5.74) is -0.179. The van der Waals surface area contributed by atoms with E-state index in [1.165, 1.54) is 16.8 Å². The van der Waals surface area contributed by atoms with Crippen LogP contribution in [0, 0.1) is 5.92 Å². The molecule has 0 amide bonds. The molecule has 38 heavy (non-hydrogen) atoms. The molecule has 0 aromatic carbocycles. The van der Waals surface area contributed by atoms with Crippen molar-refractivity contribution in [2.75, 3.05) is 13.1 Å². The van der Waals surface area contributed by atoms with Crippen molar-refractivity contribution in [2.45, 2.75) is 57.2 Å². The van der Waals surface area contributed by atoms with Crippen LogP contribution in [0.25, 0.3) is 11.3 Å². The van der Waals surface area contributed by atoms with E-state index in [0.717, 1.165) is 67.4 Å². The Labute approximate surface area is 217 Å². The molecule has 0 unspecified atom stereocenters. The molecular weight excluding hydrogens is 495 g/mol. The van der Waals surface area contributed by atoms with Crippen molar-refractivity contribution in [1.82, 2.24) is 33.6 Å². The maximum absolute atomic E-state index is 14.1. The zero-order valence-electron chi connectivity index (χ0n) is 21.2. The summed E-state index contributed by atoms with van der Waals surface area (Å²) in [4.78, 5) is 20.0. The summed E-state index contributed by atoms with van der Waals surface area (Å²) in [5.74, 6) is 1.45. The van der Waals surface area contributed by atoms with Gasteiger partial charge in [-0.2, -0.15) is 13.2 Å². The van der Waals surface area contributed by atoms with E-state index >= 15 is 0 Å². The van der Waals surface area contributed by atoms with Gasteiger partial charge < -0.3 is 4.57 Å². The number of hydrogen-bond acceptors (Lipinski definition) is 5. The molecule has 4 aromatic heterocycles. The third-order valence-corrected chi connectivity index (χ3v) is 8.01. The van der Waals surface area contributed by atoms with Crippen molar-refractivity contribution in [3.8, 4) is 5.82 Å². The third kappa shape index (κ3) is 4.53. The number of pyridine rings is 2. The highest BCUT2D eigenvalue weighted by Gasteiger charge is 2.35. The SMILES string of the molecule is Cn1cnnc1[C@@H](c1ccnc(-n2cc3c(C(F)(F)F)cc(CN4CCCCC4)cn3c2=O)c1)C1CCC1. The first-order valence-electron chi connectivity index (χ1n) is 13.2. The first-order valence-corrected chi connectivity index (χ1v) is 13.2. The van der Waals surface area contributed by atoms with Gasteiger partial charge in [-0.3, -0.25) is 13.9 Å². The third-order valence-electron chi connectivity index (χ3n) is 8.01. The van der Waals surface area contributed by atoms with Gasteiger partial charge in [0, 0.05) is 38.1 Å². The fraction of sp³-hybridized carbons (Fsp3) is 0.481. The molecule has 1 aliphatic carbocycles. The van der Waals surface area contributed by atoms with Crippen LogP contribution in [0.5, 0.6) is 0 Å². The molecule has 11 heteroatoms. The average Bonchev–Trinajstić information content (AvgIpc) is 3.44. The second-order valence-corrected chi connectivity index (χ2v) is 10.5. The van der Waals surface area contributed by atoms with Crippen molar-refractivity contribution in [1.29, 1.82) is 0 Å². The molecule has 4 aromatic rings. The van der Waals surface area contributed by atoms with Gasteiger partial charge in [-0.25, -0.2) is 9.78 Å². The summed E-state index contributed by atoms with van der Waals surface area (Å²) in [7, 11) is 1.90. The summed E-state index contributed by atoms with van der Waals surface area (Å²) in [6.45, 7) is 2.07. The van der Waals surface area contributed by atoms with Crippen molar-refractivity contribution in [3.63, 3.8) is 0 Å². The van der Waals surface area contributed by atoms with Crippen LogP contribution in [0.1, 0.15) is 67.0 Å². The van der Waals surface area contributed by atoms with Crippen LogP contribution >= 0.6 is 0 Å². The fourth-order valence-corrected chi connectivity index (χ4v) is 5.84. The molecule has 0 radical (unpaired) electrons. The van der Waals surface area contributed by atoms with Crippen LogP contribution in [0.2, 0.25) is 0 Å². The van der Waals surface area contributed by atoms with Gasteiger partial charge in [-0.1, -0.05) is 12.8 Å². The molecule has 1 saturated heterocycles. The van der Waals surface area contributed by atoms with Crippen molar-refractivity contribution >= 4 is 5.52 Å². The monoisotopic (exact) mass is 525 g/mol. The van der Waals surface area contributed by atoms with Crippen LogP contribution in [0.3, 0.4) is 0 Å². The predicted molar refractivity (Wildman–Crippen MR) is 135 cm³/mol. The number of rotatable bonds is 6. The van der Waals surface area contributed by atoms with E-state index < -0.39 is 17.4 Å². The van der Waals surface area contributed by atoms with Crippen molar-refractivity contribution in [2.24, 2.45) is 13.0 Å². The smallest absolute Gasteiger partial charge is 0.320 e. The lowest BCUT2D eigenvalue weighted by atomic mass is 9.72. The second-order valence-electron chi connectivity index (χ2n) is 10.5. The maximum atomic E-state index is 14.1. The Morgan fingerprint density at radius 3 is 2.53 bits per heavy atom. The maximum Gasteiger partial charge on any atom is 0.418 e. The number of alkyl halides is 3. The van der Waals surface area contributed by atoms with Crippen LogP contribution in [-0.2, 0) is 19.8 Å². The molecule has 200 valence electrons. The predicted octanol–water partition coefficient (Wildman–Crippen LogP) is 4.55. The van der Waals surface area contributed by atoms with Gasteiger partial charge >= 0.3 is 11.9 Å². The first-order chi connectivity index (χ1) is 18.3. The van der Waals surface area contributed by atoms with Gasteiger partial charge in [0.05, 0.1) is 11.1 Å². The topological polar surface area (TPSA) is 73.2 Å². The van der Waals surface area contributed by atoms with E-state index in [2.05, 4.69) is 20.1 Å². The second kappa shape index (κ2) is 9.68. The number of aryl methyl sites for hydroxylation is 1. The van der Waals surface area contributed by atoms with Crippen LogP contribution < -0.4 is 5.69 Å². The average molecular weight is 526 g/mol. The lowest BCUT2D eigenvalue weighted by Gasteiger charge is -2.33. The molecule has 1 atom stereocenters. The molecule has 8 nitrogen and oxygen atoms in total. The minimum atomic E-state index is -4.60. The summed E-state index contributed by atoms with van der Waals surface area (Å²) >= 11 is 0. The Morgan fingerprint density at radius 2 is 1.87 bits per heavy atom. The minimum absolute atomic E-state index is 0.0346. The molecule has 6 rings (SSSR count). The molecule has 5 heterocycles. The number of fused-ring (bicyclic) bond motifs is 1. The number of aromatic nitrogens is 6. The first kappa shape index (κ1) is 24.8. The molecule has 0 spiro atoms. The number of imidazole rings is 1. The van der Waals surface area contributed by atoms with Gasteiger partial charge in [-0.05, 0) is 74.0 Å². The minimum Gasteiger partial charge on any atom is -0.320 e. The number of halogens is 3. The Kier molecular flexibility index (Phi) is 6.33. The van der Waals surface area contributed by atoms with Gasteiger partial charge in [-0.15, -0.1) is 10.2 Å². The molecule has 2 fully saturated rings. The fourth-order valence-electron chi connectivity index (χ4n) is 5.84. The highest BCUT2D eigenvalue weighted by Crippen LogP contribution is 2.42. The van der Waals surface area contributed by atoms with Crippen LogP contribution in [0.15, 0.2) is 47.9 Å². The zero-order valence-corrected chi connectivity index (χ0v) is 21.2. The standard InChI is InChI=1S/C27H30F3N7O/c1-34-17-32-33-25(34)24(19-6-5-7-19)20-8-9-31-23(13-20)37-16-22-21(27(28,29)30)12-18(15-36(22)26(37)38)14-35-10-3-2-4-11-35/h8-9,12-13,15-17,19,24H,2-7,10-11,14H2,1H3/t24-/m1/s1. The van der Waals surface area contributed by atoms with Crippen LogP contribution in [-0.4, -0.2) is 46.7 Å². The Morgan fingerprint density at radius 1 is 1.08 bits per heavy atom. The Balaban J connectivity index is 1.43. The molecule has 0 bridgehead atoms. The normalized spacial score (nSPS) is 18.1. The number of nitrogens with zero attached hydrogens (tertiary/aromatic N) is 7. The quantitative estimate of drug-likeness (QED) is 0.369. The van der Waals surface area contributed by atoms with E-state index in [0.29, 0.717) is 18.0 Å². The largest absolute Gasteiger partial charge is 0.418 e. The Bertz CT molecular complexity index is 1510. The van der Waals surface area contributed by atoms with E-state index in [9.17, 15) is 18.0 Å². The summed E-state index contributed by atoms with van der Waals surface area (Å²) in [6, 6.07) is 4.86. The van der Waals surface area contributed by atoms with Crippen molar-refractivity contribution < 1.29 is 13.2 Å². The summed E-state index contributed by atoms with van der Waals surface area (Å²) in [5, 5.41) is 8.38. The van der Waals surface area contributed by atoms with Gasteiger partial charge in [0.25, 0.3) is 0 Å². The molecular formula is C27H30F3N7O. The highest BCUT2D eigenvalue weighted by molar-refractivity contribution is 5.57. The van der Waals surface area contributed by atoms with E-state index in [1.54, 1.807) is 24.8 Å². The molecule has 2 aliphatic rings. The van der Waals surface area contributed by atoms with E-state index in [1.807, 2.05) is 17.7 Å². The molecule has 1 aliphatic heterocycles. The lowest BCUT2D eigenvalue weighted by Crippen LogP contribution is -2.29. The van der Waals surface area contributed by atoms with Gasteiger partial charge in [0.1, 0.15) is 18.0 Å². The van der Waals surface area contributed by atoms with Crippen LogP contribution in [0.4, 0.5) is 13.2 Å². The number of likely N-dealkylation sites (tertiary alicyclic amines) is 1. The zero-order chi connectivity index (χ0) is 26.4. The summed E-state index contributed by atoms with van der Waals surface area (Å²) in [6.07, 6.45) is 7.91. The molecule has 1 saturated carbocycles. The number of piperidine rings is 1. The van der Waals surface area contributed by atoms with Gasteiger partial charge in [0.15, 0.2) is 0 Å². The van der Waals surface area contributed by atoms with Gasteiger partial charge in [0.2, 0.25) is 0 Å². The summed E-state index contributed by atoms with van der Waals surface area (Å²) < 4.78 is 46.7. The van der Waals surface area contributed by atoms with Crippen molar-refractivity contribution in [3.05, 3.63) is 76.1 Å².